The molecule has 0 saturated carbocycles. The SMILES string of the molecule is CC(NC(=O)NC(CC(=O)O)C(C)C)c1ccccc1Cl. The molecule has 0 spiro atoms. The lowest BCUT2D eigenvalue weighted by Crippen LogP contribution is -2.46. The Bertz CT molecular complexity index is 505. The van der Waals surface area contributed by atoms with Crippen LogP contribution < -0.4 is 10.6 Å². The number of rotatable bonds is 6. The molecule has 3 N–H and O–H groups in total. The van der Waals surface area contributed by atoms with Crippen LogP contribution in [-0.2, 0) is 4.79 Å². The van der Waals surface area contributed by atoms with E-state index < -0.39 is 18.0 Å². The summed E-state index contributed by atoms with van der Waals surface area (Å²) in [7, 11) is 0. The molecular weight excluding hydrogens is 292 g/mol. The summed E-state index contributed by atoms with van der Waals surface area (Å²) in [5, 5.41) is 14.9. The molecule has 1 aromatic rings. The maximum Gasteiger partial charge on any atom is 0.315 e. The molecule has 1 aromatic carbocycles. The van der Waals surface area contributed by atoms with Gasteiger partial charge in [-0.25, -0.2) is 4.79 Å². The van der Waals surface area contributed by atoms with Gasteiger partial charge in [-0.05, 0) is 24.5 Å². The molecule has 0 bridgehead atoms. The quantitative estimate of drug-likeness (QED) is 0.754. The van der Waals surface area contributed by atoms with Gasteiger partial charge < -0.3 is 15.7 Å². The first-order valence-electron chi connectivity index (χ1n) is 6.84. The molecule has 0 aromatic heterocycles. The van der Waals surface area contributed by atoms with Gasteiger partial charge in [-0.1, -0.05) is 43.6 Å². The highest BCUT2D eigenvalue weighted by atomic mass is 35.5. The molecule has 0 saturated heterocycles. The minimum atomic E-state index is -0.937. The van der Waals surface area contributed by atoms with E-state index in [1.807, 2.05) is 39.0 Å². The van der Waals surface area contributed by atoms with Gasteiger partial charge >= 0.3 is 12.0 Å². The Labute approximate surface area is 129 Å². The van der Waals surface area contributed by atoms with E-state index in [4.69, 9.17) is 16.7 Å². The van der Waals surface area contributed by atoms with Crippen LogP contribution in [0.3, 0.4) is 0 Å². The van der Waals surface area contributed by atoms with Gasteiger partial charge in [0.2, 0.25) is 0 Å². The summed E-state index contributed by atoms with van der Waals surface area (Å²) in [5.41, 5.74) is 0.814. The van der Waals surface area contributed by atoms with Crippen molar-refractivity contribution in [1.29, 1.82) is 0 Å². The zero-order valence-corrected chi connectivity index (χ0v) is 13.1. The number of amides is 2. The summed E-state index contributed by atoms with van der Waals surface area (Å²) in [6, 6.07) is 6.18. The van der Waals surface area contributed by atoms with E-state index in [0.717, 1.165) is 5.56 Å². The molecule has 21 heavy (non-hydrogen) atoms. The van der Waals surface area contributed by atoms with Crippen LogP contribution in [0.4, 0.5) is 4.79 Å². The molecule has 0 aliphatic rings. The Morgan fingerprint density at radius 1 is 1.19 bits per heavy atom. The first kappa shape index (κ1) is 17.3. The van der Waals surface area contributed by atoms with Gasteiger partial charge in [0.15, 0.2) is 0 Å². The Morgan fingerprint density at radius 2 is 1.81 bits per heavy atom. The minimum Gasteiger partial charge on any atom is -0.481 e. The third kappa shape index (κ3) is 5.63. The maximum absolute atomic E-state index is 12.0. The van der Waals surface area contributed by atoms with Crippen LogP contribution in [0.5, 0.6) is 0 Å². The zero-order valence-electron chi connectivity index (χ0n) is 12.4. The topological polar surface area (TPSA) is 78.4 Å². The number of carbonyl (C=O) groups excluding carboxylic acids is 1. The van der Waals surface area contributed by atoms with Crippen molar-refractivity contribution < 1.29 is 14.7 Å². The number of carboxylic acid groups (broad SMARTS) is 1. The van der Waals surface area contributed by atoms with Crippen molar-refractivity contribution in [3.63, 3.8) is 0 Å². The molecule has 0 aliphatic carbocycles. The van der Waals surface area contributed by atoms with Gasteiger partial charge in [-0.15, -0.1) is 0 Å². The summed E-state index contributed by atoms with van der Waals surface area (Å²) in [6.45, 7) is 5.55. The second-order valence-electron chi connectivity index (χ2n) is 5.31. The van der Waals surface area contributed by atoms with Gasteiger partial charge in [-0.2, -0.15) is 0 Å². The predicted octanol–water partition coefficient (Wildman–Crippen LogP) is 3.20. The van der Waals surface area contributed by atoms with Crippen molar-refractivity contribution in [2.75, 3.05) is 0 Å². The number of carbonyl (C=O) groups is 2. The van der Waals surface area contributed by atoms with Gasteiger partial charge in [0.1, 0.15) is 0 Å². The maximum atomic E-state index is 12.0. The summed E-state index contributed by atoms with van der Waals surface area (Å²) in [6.07, 6.45) is -0.106. The number of carboxylic acids is 1. The van der Waals surface area contributed by atoms with Crippen LogP contribution in [0.1, 0.15) is 38.8 Å². The Hall–Kier alpha value is -1.75. The molecule has 0 aliphatic heterocycles. The molecule has 116 valence electrons. The second kappa shape index (κ2) is 7.88. The largest absolute Gasteiger partial charge is 0.481 e. The predicted molar refractivity (Wildman–Crippen MR) is 82.4 cm³/mol. The first-order chi connectivity index (χ1) is 9.81. The third-order valence-electron chi connectivity index (χ3n) is 3.24. The van der Waals surface area contributed by atoms with Crippen molar-refractivity contribution >= 4 is 23.6 Å². The highest BCUT2D eigenvalue weighted by Gasteiger charge is 2.20. The lowest BCUT2D eigenvalue weighted by Gasteiger charge is -2.23. The number of halogens is 1. The Morgan fingerprint density at radius 3 is 2.33 bits per heavy atom. The van der Waals surface area contributed by atoms with Crippen molar-refractivity contribution in [3.8, 4) is 0 Å². The fraction of sp³-hybridized carbons (Fsp3) is 0.467. The molecule has 0 fully saturated rings. The molecule has 2 amide bonds. The van der Waals surface area contributed by atoms with E-state index in [1.54, 1.807) is 6.07 Å². The standard InChI is InChI=1S/C15H21ClN2O3/c1-9(2)13(8-14(19)20)18-15(21)17-10(3)11-6-4-5-7-12(11)16/h4-7,9-10,13H,8H2,1-3H3,(H,19,20)(H2,17,18,21). The Kier molecular flexibility index (Phi) is 6.49. The Balaban J connectivity index is 2.64. The molecule has 0 heterocycles. The van der Waals surface area contributed by atoms with Crippen LogP contribution in [-0.4, -0.2) is 23.1 Å². The average molecular weight is 313 g/mol. The summed E-state index contributed by atoms with van der Waals surface area (Å²) in [4.78, 5) is 22.8. The zero-order chi connectivity index (χ0) is 16.0. The smallest absolute Gasteiger partial charge is 0.315 e. The molecule has 5 nitrogen and oxygen atoms in total. The van der Waals surface area contributed by atoms with Gasteiger partial charge in [0, 0.05) is 11.1 Å². The average Bonchev–Trinajstić information content (AvgIpc) is 2.37. The monoisotopic (exact) mass is 312 g/mol. The number of hydrogen-bond acceptors (Lipinski definition) is 2. The number of hydrogen-bond donors (Lipinski definition) is 3. The van der Waals surface area contributed by atoms with E-state index in [9.17, 15) is 9.59 Å². The number of aliphatic carboxylic acids is 1. The van der Waals surface area contributed by atoms with Crippen molar-refractivity contribution in [2.45, 2.75) is 39.3 Å². The minimum absolute atomic E-state index is 0.0301. The van der Waals surface area contributed by atoms with E-state index in [2.05, 4.69) is 10.6 Å². The first-order valence-corrected chi connectivity index (χ1v) is 7.22. The highest BCUT2D eigenvalue weighted by Crippen LogP contribution is 2.22. The van der Waals surface area contributed by atoms with Crippen LogP contribution in [0.25, 0.3) is 0 Å². The molecule has 2 unspecified atom stereocenters. The van der Waals surface area contributed by atoms with Crippen LogP contribution in [0, 0.1) is 5.92 Å². The van der Waals surface area contributed by atoms with E-state index >= 15 is 0 Å². The van der Waals surface area contributed by atoms with E-state index in [0.29, 0.717) is 5.02 Å². The molecule has 6 heteroatoms. The molecule has 0 radical (unpaired) electrons. The van der Waals surface area contributed by atoms with Crippen molar-refractivity contribution in [1.82, 2.24) is 10.6 Å². The second-order valence-corrected chi connectivity index (χ2v) is 5.72. The lowest BCUT2D eigenvalue weighted by molar-refractivity contribution is -0.137. The highest BCUT2D eigenvalue weighted by molar-refractivity contribution is 6.31. The molecule has 1 rings (SSSR count). The van der Waals surface area contributed by atoms with Gasteiger partial charge in [-0.3, -0.25) is 4.79 Å². The van der Waals surface area contributed by atoms with Gasteiger partial charge in [0.05, 0.1) is 12.5 Å². The summed E-state index contributed by atoms with van der Waals surface area (Å²) >= 11 is 6.08. The van der Waals surface area contributed by atoms with Crippen molar-refractivity contribution in [2.24, 2.45) is 5.92 Å². The molecular formula is C15H21ClN2O3. The summed E-state index contributed by atoms with van der Waals surface area (Å²) < 4.78 is 0. The van der Waals surface area contributed by atoms with Crippen LogP contribution >= 0.6 is 11.6 Å². The number of urea groups is 1. The normalized spacial score (nSPS) is 13.6. The molecule has 2 atom stereocenters. The van der Waals surface area contributed by atoms with E-state index in [1.165, 1.54) is 0 Å². The number of nitrogens with one attached hydrogen (secondary N) is 2. The lowest BCUT2D eigenvalue weighted by atomic mass is 10.0. The fourth-order valence-electron chi connectivity index (χ4n) is 1.95. The van der Waals surface area contributed by atoms with Crippen LogP contribution in [0.2, 0.25) is 5.02 Å². The number of benzene rings is 1. The third-order valence-corrected chi connectivity index (χ3v) is 3.58. The van der Waals surface area contributed by atoms with Crippen LogP contribution in [0.15, 0.2) is 24.3 Å². The van der Waals surface area contributed by atoms with Crippen molar-refractivity contribution in [3.05, 3.63) is 34.9 Å². The fourth-order valence-corrected chi connectivity index (χ4v) is 2.25. The van der Waals surface area contributed by atoms with Gasteiger partial charge in [0.25, 0.3) is 0 Å². The van der Waals surface area contributed by atoms with E-state index in [-0.39, 0.29) is 18.4 Å². The summed E-state index contributed by atoms with van der Waals surface area (Å²) in [5.74, 6) is -0.907.